The Bertz CT molecular complexity index is 416. The first-order chi connectivity index (χ1) is 8.66. The molecule has 2 N–H and O–H groups in total. The standard InChI is InChI=1S/C13H19N3O2/c1-10(15-12-5-7-14-8-6-12)11-3-2-4-13(9-11)16(17)18/h2-4,9-10,12,14-15H,5-8H2,1H3. The van der Waals surface area contributed by atoms with Gasteiger partial charge in [-0.05, 0) is 38.4 Å². The number of piperidine rings is 1. The second-order valence-corrected chi connectivity index (χ2v) is 4.76. The number of rotatable bonds is 4. The molecule has 18 heavy (non-hydrogen) atoms. The van der Waals surface area contributed by atoms with Crippen molar-refractivity contribution in [1.82, 2.24) is 10.6 Å². The normalized spacial score (nSPS) is 18.5. The molecule has 98 valence electrons. The molecule has 5 heteroatoms. The molecule has 0 saturated carbocycles. The molecule has 1 aliphatic heterocycles. The van der Waals surface area contributed by atoms with Crippen molar-refractivity contribution in [1.29, 1.82) is 0 Å². The number of benzene rings is 1. The van der Waals surface area contributed by atoms with E-state index in [4.69, 9.17) is 0 Å². The van der Waals surface area contributed by atoms with Crippen molar-refractivity contribution in [2.24, 2.45) is 0 Å². The summed E-state index contributed by atoms with van der Waals surface area (Å²) >= 11 is 0. The van der Waals surface area contributed by atoms with Gasteiger partial charge in [0.15, 0.2) is 0 Å². The molecule has 0 bridgehead atoms. The third-order valence-electron chi connectivity index (χ3n) is 3.41. The van der Waals surface area contributed by atoms with E-state index in [0.717, 1.165) is 31.5 Å². The minimum absolute atomic E-state index is 0.146. The topological polar surface area (TPSA) is 67.2 Å². The maximum absolute atomic E-state index is 10.7. The third-order valence-corrected chi connectivity index (χ3v) is 3.41. The molecule has 0 radical (unpaired) electrons. The van der Waals surface area contributed by atoms with Crippen LogP contribution in [0.1, 0.15) is 31.4 Å². The van der Waals surface area contributed by atoms with E-state index >= 15 is 0 Å². The first kappa shape index (κ1) is 13.0. The molecule has 1 saturated heterocycles. The molecule has 2 rings (SSSR count). The van der Waals surface area contributed by atoms with Crippen LogP contribution >= 0.6 is 0 Å². The van der Waals surface area contributed by atoms with Gasteiger partial charge in [0.1, 0.15) is 0 Å². The van der Waals surface area contributed by atoms with Crippen molar-refractivity contribution in [2.45, 2.75) is 31.8 Å². The lowest BCUT2D eigenvalue weighted by atomic mass is 10.0. The van der Waals surface area contributed by atoms with Crippen LogP contribution in [-0.4, -0.2) is 24.1 Å². The summed E-state index contributed by atoms with van der Waals surface area (Å²) in [6.45, 7) is 4.14. The molecule has 0 aliphatic carbocycles. The van der Waals surface area contributed by atoms with Gasteiger partial charge in [0.05, 0.1) is 4.92 Å². The monoisotopic (exact) mass is 249 g/mol. The average Bonchev–Trinajstić information content (AvgIpc) is 2.40. The zero-order valence-electron chi connectivity index (χ0n) is 10.6. The van der Waals surface area contributed by atoms with E-state index in [1.54, 1.807) is 12.1 Å². The van der Waals surface area contributed by atoms with Gasteiger partial charge >= 0.3 is 0 Å². The van der Waals surface area contributed by atoms with Gasteiger partial charge in [0.25, 0.3) is 5.69 Å². The minimum Gasteiger partial charge on any atom is -0.317 e. The van der Waals surface area contributed by atoms with E-state index in [2.05, 4.69) is 17.6 Å². The Morgan fingerprint density at radius 1 is 1.44 bits per heavy atom. The molecule has 1 aromatic rings. The molecule has 1 fully saturated rings. The summed E-state index contributed by atoms with van der Waals surface area (Å²) in [7, 11) is 0. The van der Waals surface area contributed by atoms with Crippen molar-refractivity contribution in [2.75, 3.05) is 13.1 Å². The van der Waals surface area contributed by atoms with Crippen LogP contribution in [0, 0.1) is 10.1 Å². The zero-order valence-corrected chi connectivity index (χ0v) is 10.6. The fourth-order valence-electron chi connectivity index (χ4n) is 2.35. The molecule has 1 aliphatic rings. The predicted molar refractivity (Wildman–Crippen MR) is 70.5 cm³/mol. The predicted octanol–water partition coefficient (Wildman–Crippen LogP) is 2.00. The Morgan fingerprint density at radius 3 is 2.83 bits per heavy atom. The largest absolute Gasteiger partial charge is 0.317 e. The van der Waals surface area contributed by atoms with Crippen LogP contribution in [0.3, 0.4) is 0 Å². The van der Waals surface area contributed by atoms with E-state index in [-0.39, 0.29) is 16.7 Å². The molecular weight excluding hydrogens is 230 g/mol. The van der Waals surface area contributed by atoms with Crippen LogP contribution in [0.2, 0.25) is 0 Å². The number of hydrogen-bond donors (Lipinski definition) is 2. The van der Waals surface area contributed by atoms with Crippen LogP contribution in [0.4, 0.5) is 5.69 Å². The molecule has 1 unspecified atom stereocenters. The fourth-order valence-corrected chi connectivity index (χ4v) is 2.35. The maximum Gasteiger partial charge on any atom is 0.269 e. The lowest BCUT2D eigenvalue weighted by Crippen LogP contribution is -2.40. The Balaban J connectivity index is 2.01. The number of nitro groups is 1. The van der Waals surface area contributed by atoms with Gasteiger partial charge in [0.2, 0.25) is 0 Å². The van der Waals surface area contributed by atoms with Gasteiger partial charge in [-0.2, -0.15) is 0 Å². The van der Waals surface area contributed by atoms with E-state index in [1.165, 1.54) is 6.07 Å². The summed E-state index contributed by atoms with van der Waals surface area (Å²) < 4.78 is 0. The summed E-state index contributed by atoms with van der Waals surface area (Å²) in [6.07, 6.45) is 2.22. The van der Waals surface area contributed by atoms with Crippen LogP contribution in [0.5, 0.6) is 0 Å². The van der Waals surface area contributed by atoms with Crippen molar-refractivity contribution in [3.8, 4) is 0 Å². The first-order valence-electron chi connectivity index (χ1n) is 6.38. The first-order valence-corrected chi connectivity index (χ1v) is 6.38. The smallest absolute Gasteiger partial charge is 0.269 e. The second-order valence-electron chi connectivity index (χ2n) is 4.76. The fraction of sp³-hybridized carbons (Fsp3) is 0.538. The number of hydrogen-bond acceptors (Lipinski definition) is 4. The molecular formula is C13H19N3O2. The maximum atomic E-state index is 10.7. The number of nitro benzene ring substituents is 1. The third kappa shape index (κ3) is 3.27. The van der Waals surface area contributed by atoms with Gasteiger partial charge in [-0.3, -0.25) is 10.1 Å². The highest BCUT2D eigenvalue weighted by Crippen LogP contribution is 2.20. The lowest BCUT2D eigenvalue weighted by molar-refractivity contribution is -0.384. The summed E-state index contributed by atoms with van der Waals surface area (Å²) in [4.78, 5) is 10.4. The van der Waals surface area contributed by atoms with E-state index in [9.17, 15) is 10.1 Å². The van der Waals surface area contributed by atoms with E-state index in [0.29, 0.717) is 6.04 Å². The number of non-ortho nitro benzene ring substituents is 1. The molecule has 1 aromatic carbocycles. The summed E-state index contributed by atoms with van der Waals surface area (Å²) in [6, 6.07) is 7.51. The van der Waals surface area contributed by atoms with Gasteiger partial charge in [-0.25, -0.2) is 0 Å². The summed E-state index contributed by atoms with van der Waals surface area (Å²) in [5, 5.41) is 17.6. The highest BCUT2D eigenvalue weighted by Gasteiger charge is 2.17. The average molecular weight is 249 g/mol. The summed E-state index contributed by atoms with van der Waals surface area (Å²) in [5.41, 5.74) is 1.13. The number of nitrogens with zero attached hydrogens (tertiary/aromatic N) is 1. The van der Waals surface area contributed by atoms with Crippen LogP contribution in [0.25, 0.3) is 0 Å². The van der Waals surface area contributed by atoms with Gasteiger partial charge in [-0.1, -0.05) is 12.1 Å². The lowest BCUT2D eigenvalue weighted by Gasteiger charge is -2.27. The molecule has 0 spiro atoms. The Kier molecular flexibility index (Phi) is 4.28. The van der Waals surface area contributed by atoms with Crippen molar-refractivity contribution < 1.29 is 4.92 Å². The minimum atomic E-state index is -0.346. The Labute approximate surface area is 107 Å². The Morgan fingerprint density at radius 2 is 2.17 bits per heavy atom. The highest BCUT2D eigenvalue weighted by molar-refractivity contribution is 5.35. The summed E-state index contributed by atoms with van der Waals surface area (Å²) in [5.74, 6) is 0. The second kappa shape index (κ2) is 5.93. The Hall–Kier alpha value is -1.46. The molecule has 1 heterocycles. The SMILES string of the molecule is CC(NC1CCNCC1)c1cccc([N+](=O)[O-])c1. The van der Waals surface area contributed by atoms with Crippen LogP contribution in [0.15, 0.2) is 24.3 Å². The molecule has 0 aromatic heterocycles. The van der Waals surface area contributed by atoms with Crippen molar-refractivity contribution in [3.63, 3.8) is 0 Å². The van der Waals surface area contributed by atoms with E-state index in [1.807, 2.05) is 6.07 Å². The highest BCUT2D eigenvalue weighted by atomic mass is 16.6. The quantitative estimate of drug-likeness (QED) is 0.632. The van der Waals surface area contributed by atoms with Gasteiger partial charge in [0, 0.05) is 24.2 Å². The molecule has 0 amide bonds. The molecule has 5 nitrogen and oxygen atoms in total. The van der Waals surface area contributed by atoms with Gasteiger partial charge in [-0.15, -0.1) is 0 Å². The van der Waals surface area contributed by atoms with Gasteiger partial charge < -0.3 is 10.6 Å². The van der Waals surface area contributed by atoms with Crippen molar-refractivity contribution in [3.05, 3.63) is 39.9 Å². The molecule has 1 atom stereocenters. The van der Waals surface area contributed by atoms with E-state index < -0.39 is 0 Å². The number of nitrogens with one attached hydrogen (secondary N) is 2. The van der Waals surface area contributed by atoms with Crippen LogP contribution in [-0.2, 0) is 0 Å². The van der Waals surface area contributed by atoms with Crippen LogP contribution < -0.4 is 10.6 Å². The zero-order chi connectivity index (χ0) is 13.0. The van der Waals surface area contributed by atoms with Crippen molar-refractivity contribution >= 4 is 5.69 Å².